The quantitative estimate of drug-likeness (QED) is 0.229. The van der Waals surface area contributed by atoms with Gasteiger partial charge in [0.05, 0.1) is 0 Å². The SMILES string of the molecule is C=C(C(C)C1=CC(C(C)(C)C)=CC1c1ccc(C)cc1C)C(C)c1ccc(CCCC2CCCCC2)c2ccccc12. The third-order valence-corrected chi connectivity index (χ3v) is 10.6. The van der Waals surface area contributed by atoms with Gasteiger partial charge in [-0.1, -0.05) is 163 Å². The molecule has 1 fully saturated rings. The molecule has 0 heteroatoms. The van der Waals surface area contributed by atoms with Crippen molar-refractivity contribution in [2.45, 2.75) is 112 Å². The predicted octanol–water partition coefficient (Wildman–Crippen LogP) is 12.4. The molecular weight excluding hydrogens is 504 g/mol. The van der Waals surface area contributed by atoms with Crippen molar-refractivity contribution in [3.8, 4) is 0 Å². The van der Waals surface area contributed by atoms with E-state index in [1.807, 2.05) is 0 Å². The summed E-state index contributed by atoms with van der Waals surface area (Å²) in [7, 11) is 0. The van der Waals surface area contributed by atoms with Gasteiger partial charge >= 0.3 is 0 Å². The highest BCUT2D eigenvalue weighted by atomic mass is 14.4. The summed E-state index contributed by atoms with van der Waals surface area (Å²) in [6.45, 7) is 21.0. The monoisotopic (exact) mass is 558 g/mol. The predicted molar refractivity (Wildman–Crippen MR) is 184 cm³/mol. The first kappa shape index (κ1) is 30.6. The molecule has 0 saturated heterocycles. The number of aryl methyl sites for hydroxylation is 3. The van der Waals surface area contributed by atoms with Crippen LogP contribution in [0.3, 0.4) is 0 Å². The van der Waals surface area contributed by atoms with E-state index in [4.69, 9.17) is 6.58 Å². The van der Waals surface area contributed by atoms with E-state index < -0.39 is 0 Å². The van der Waals surface area contributed by atoms with Gasteiger partial charge in [0.15, 0.2) is 0 Å². The maximum atomic E-state index is 4.79. The molecule has 222 valence electrons. The topological polar surface area (TPSA) is 0 Å². The minimum Gasteiger partial charge on any atom is -0.0987 e. The van der Waals surface area contributed by atoms with Gasteiger partial charge in [0.2, 0.25) is 0 Å². The van der Waals surface area contributed by atoms with Gasteiger partial charge in [-0.2, -0.15) is 0 Å². The molecule has 3 aromatic rings. The summed E-state index contributed by atoms with van der Waals surface area (Å²) < 4.78 is 0. The zero-order valence-corrected chi connectivity index (χ0v) is 27.5. The van der Waals surface area contributed by atoms with E-state index >= 15 is 0 Å². The molecule has 2 aliphatic rings. The number of hydrogen-bond donors (Lipinski definition) is 0. The fourth-order valence-corrected chi connectivity index (χ4v) is 7.72. The second-order valence-electron chi connectivity index (χ2n) is 14.6. The molecule has 0 spiro atoms. The van der Waals surface area contributed by atoms with Crippen molar-refractivity contribution in [3.63, 3.8) is 0 Å². The molecule has 0 N–H and O–H groups in total. The van der Waals surface area contributed by atoms with Crippen molar-refractivity contribution < 1.29 is 0 Å². The van der Waals surface area contributed by atoms with Gasteiger partial charge in [-0.25, -0.2) is 0 Å². The van der Waals surface area contributed by atoms with Crippen molar-refractivity contribution >= 4 is 10.8 Å². The Kier molecular flexibility index (Phi) is 9.31. The summed E-state index contributed by atoms with van der Waals surface area (Å²) in [4.78, 5) is 0. The standard InChI is InChI=1S/C42H54/c1-28-21-23-36(29(2)25-28)41-27-35(42(6,7)8)26-40(41)32(5)30(3)31(4)37-24-22-34(38-19-12-13-20-39(37)38)18-14-17-33-15-10-9-11-16-33/h12-13,19-27,31-33,41H,3,9-11,14-18H2,1-2,4-8H3. The smallest absolute Gasteiger partial charge is 0.0245 e. The summed E-state index contributed by atoms with van der Waals surface area (Å²) >= 11 is 0. The Labute approximate surface area is 257 Å². The second-order valence-corrected chi connectivity index (χ2v) is 14.6. The van der Waals surface area contributed by atoms with Crippen molar-refractivity contribution in [2.75, 3.05) is 0 Å². The highest BCUT2D eigenvalue weighted by Gasteiger charge is 2.32. The summed E-state index contributed by atoms with van der Waals surface area (Å²) in [5, 5.41) is 2.85. The van der Waals surface area contributed by atoms with Crippen LogP contribution in [0, 0.1) is 31.1 Å². The number of allylic oxidation sites excluding steroid dienone is 5. The molecule has 3 atom stereocenters. The fourth-order valence-electron chi connectivity index (χ4n) is 7.72. The van der Waals surface area contributed by atoms with Crippen LogP contribution < -0.4 is 0 Å². The Bertz CT molecular complexity index is 1480. The first-order valence-corrected chi connectivity index (χ1v) is 16.7. The molecule has 0 aliphatic heterocycles. The summed E-state index contributed by atoms with van der Waals surface area (Å²) in [5.41, 5.74) is 11.5. The zero-order valence-electron chi connectivity index (χ0n) is 27.5. The first-order valence-electron chi connectivity index (χ1n) is 16.7. The van der Waals surface area contributed by atoms with Gasteiger partial charge in [-0.3, -0.25) is 0 Å². The normalized spacial score (nSPS) is 19.5. The molecule has 0 nitrogen and oxygen atoms in total. The fraction of sp³-hybridized carbons (Fsp3) is 0.476. The highest BCUT2D eigenvalue weighted by Crippen LogP contribution is 2.47. The van der Waals surface area contributed by atoms with Gasteiger partial charge in [-0.05, 0) is 82.5 Å². The Morgan fingerprint density at radius 3 is 2.29 bits per heavy atom. The summed E-state index contributed by atoms with van der Waals surface area (Å²) in [5.74, 6) is 1.83. The van der Waals surface area contributed by atoms with E-state index in [2.05, 4.69) is 115 Å². The number of fused-ring (bicyclic) bond motifs is 1. The number of rotatable bonds is 9. The lowest BCUT2D eigenvalue weighted by Gasteiger charge is -2.28. The van der Waals surface area contributed by atoms with Crippen LogP contribution in [-0.4, -0.2) is 0 Å². The van der Waals surface area contributed by atoms with Gasteiger partial charge in [0, 0.05) is 11.8 Å². The van der Waals surface area contributed by atoms with E-state index in [9.17, 15) is 0 Å². The molecule has 2 aliphatic carbocycles. The molecular formula is C42H54. The summed E-state index contributed by atoms with van der Waals surface area (Å²) in [6.07, 6.45) is 16.1. The Balaban J connectivity index is 1.40. The van der Waals surface area contributed by atoms with Gasteiger partial charge in [0.1, 0.15) is 0 Å². The second kappa shape index (κ2) is 12.8. The lowest BCUT2D eigenvalue weighted by molar-refractivity contribution is 0.332. The van der Waals surface area contributed by atoms with Crippen LogP contribution in [0.1, 0.15) is 119 Å². The van der Waals surface area contributed by atoms with Crippen LogP contribution >= 0.6 is 0 Å². The molecule has 0 radical (unpaired) electrons. The lowest BCUT2D eigenvalue weighted by Crippen LogP contribution is -2.13. The zero-order chi connectivity index (χ0) is 30.0. The number of hydrogen-bond acceptors (Lipinski definition) is 0. The van der Waals surface area contributed by atoms with Crippen LogP contribution in [0.25, 0.3) is 10.8 Å². The molecule has 42 heavy (non-hydrogen) atoms. The first-order chi connectivity index (χ1) is 20.0. The number of benzene rings is 3. The molecule has 0 heterocycles. The third-order valence-electron chi connectivity index (χ3n) is 10.6. The average Bonchev–Trinajstić information content (AvgIpc) is 3.43. The van der Waals surface area contributed by atoms with E-state index in [0.29, 0.717) is 5.92 Å². The maximum Gasteiger partial charge on any atom is 0.0245 e. The van der Waals surface area contributed by atoms with Crippen molar-refractivity contribution in [2.24, 2.45) is 17.3 Å². The average molecular weight is 559 g/mol. The minimum atomic E-state index is 0.119. The Morgan fingerprint density at radius 1 is 0.881 bits per heavy atom. The minimum absolute atomic E-state index is 0.119. The third kappa shape index (κ3) is 6.54. The van der Waals surface area contributed by atoms with Gasteiger partial charge in [0.25, 0.3) is 0 Å². The van der Waals surface area contributed by atoms with E-state index in [0.717, 1.165) is 5.92 Å². The molecule has 5 rings (SSSR count). The van der Waals surface area contributed by atoms with Crippen LogP contribution in [-0.2, 0) is 6.42 Å². The van der Waals surface area contributed by atoms with Crippen molar-refractivity contribution in [3.05, 3.63) is 118 Å². The van der Waals surface area contributed by atoms with E-state index in [-0.39, 0.29) is 17.3 Å². The van der Waals surface area contributed by atoms with E-state index in [1.54, 1.807) is 0 Å². The largest absolute Gasteiger partial charge is 0.0987 e. The highest BCUT2D eigenvalue weighted by molar-refractivity contribution is 5.89. The molecule has 3 aromatic carbocycles. The van der Waals surface area contributed by atoms with Gasteiger partial charge < -0.3 is 0 Å². The van der Waals surface area contributed by atoms with Crippen LogP contribution in [0.4, 0.5) is 0 Å². The molecule has 1 saturated carbocycles. The van der Waals surface area contributed by atoms with Gasteiger partial charge in [-0.15, -0.1) is 0 Å². The van der Waals surface area contributed by atoms with Crippen LogP contribution in [0.15, 0.2) is 90.0 Å². The molecule has 3 unspecified atom stereocenters. The van der Waals surface area contributed by atoms with Crippen molar-refractivity contribution in [1.82, 2.24) is 0 Å². The molecule has 0 amide bonds. The van der Waals surface area contributed by atoms with Crippen LogP contribution in [0.5, 0.6) is 0 Å². The maximum absolute atomic E-state index is 4.79. The Morgan fingerprint density at radius 2 is 1.60 bits per heavy atom. The lowest BCUT2D eigenvalue weighted by atomic mass is 9.76. The van der Waals surface area contributed by atoms with E-state index in [1.165, 1.54) is 107 Å². The van der Waals surface area contributed by atoms with Crippen molar-refractivity contribution in [1.29, 1.82) is 0 Å². The summed E-state index contributed by atoms with van der Waals surface area (Å²) in [6, 6.07) is 20.9. The molecule has 0 bridgehead atoms. The van der Waals surface area contributed by atoms with Crippen LogP contribution in [0.2, 0.25) is 0 Å². The molecule has 0 aromatic heterocycles. The Hall–Kier alpha value is -2.86.